The van der Waals surface area contributed by atoms with E-state index in [4.69, 9.17) is 16.3 Å². The van der Waals surface area contributed by atoms with Gasteiger partial charge < -0.3 is 9.84 Å². The molecule has 0 bridgehead atoms. The third-order valence-electron chi connectivity index (χ3n) is 3.61. The van der Waals surface area contributed by atoms with Gasteiger partial charge >= 0.3 is 0 Å². The Morgan fingerprint density at radius 3 is 2.76 bits per heavy atom. The van der Waals surface area contributed by atoms with Crippen molar-refractivity contribution >= 4 is 11.6 Å². The van der Waals surface area contributed by atoms with Crippen molar-refractivity contribution in [2.24, 2.45) is 5.92 Å². The van der Waals surface area contributed by atoms with E-state index in [1.165, 1.54) is 11.1 Å². The summed E-state index contributed by atoms with van der Waals surface area (Å²) in [6, 6.07) is 6.04. The van der Waals surface area contributed by atoms with E-state index in [9.17, 15) is 5.11 Å². The summed E-state index contributed by atoms with van der Waals surface area (Å²) in [5.74, 6) is 1.08. The van der Waals surface area contributed by atoms with Crippen LogP contribution >= 0.6 is 11.6 Å². The SMILES string of the molecule is Cc1cccc(OC[C@@H]2C[C@H](Cl)C[C@H]2O)c1C. The van der Waals surface area contributed by atoms with Gasteiger partial charge in [0.05, 0.1) is 12.7 Å². The van der Waals surface area contributed by atoms with E-state index in [2.05, 4.69) is 19.9 Å². The highest BCUT2D eigenvalue weighted by molar-refractivity contribution is 6.20. The Morgan fingerprint density at radius 1 is 1.35 bits per heavy atom. The highest BCUT2D eigenvalue weighted by Gasteiger charge is 2.32. The molecule has 3 heteroatoms. The molecule has 1 N–H and O–H groups in total. The fourth-order valence-corrected chi connectivity index (χ4v) is 2.70. The first-order chi connectivity index (χ1) is 8.08. The van der Waals surface area contributed by atoms with Crippen molar-refractivity contribution in [3.8, 4) is 5.75 Å². The predicted molar refractivity (Wildman–Crippen MR) is 69.8 cm³/mol. The number of alkyl halides is 1. The first kappa shape index (κ1) is 12.7. The molecule has 0 heterocycles. The molecule has 94 valence electrons. The van der Waals surface area contributed by atoms with Gasteiger partial charge in [-0.1, -0.05) is 12.1 Å². The van der Waals surface area contributed by atoms with Gasteiger partial charge in [0.15, 0.2) is 0 Å². The van der Waals surface area contributed by atoms with Gasteiger partial charge in [0.25, 0.3) is 0 Å². The first-order valence-corrected chi connectivity index (χ1v) is 6.52. The van der Waals surface area contributed by atoms with Gasteiger partial charge in [0.1, 0.15) is 5.75 Å². The summed E-state index contributed by atoms with van der Waals surface area (Å²) < 4.78 is 5.80. The molecule has 3 atom stereocenters. The number of aliphatic hydroxyl groups is 1. The maximum Gasteiger partial charge on any atom is 0.122 e. The normalized spacial score (nSPS) is 28.4. The molecule has 0 saturated heterocycles. The average Bonchev–Trinajstić information content (AvgIpc) is 2.60. The zero-order valence-corrected chi connectivity index (χ0v) is 11.1. The summed E-state index contributed by atoms with van der Waals surface area (Å²) in [7, 11) is 0. The molecule has 17 heavy (non-hydrogen) atoms. The monoisotopic (exact) mass is 254 g/mol. The number of benzene rings is 1. The Morgan fingerprint density at radius 2 is 2.12 bits per heavy atom. The van der Waals surface area contributed by atoms with Gasteiger partial charge in [0.2, 0.25) is 0 Å². The molecule has 1 aliphatic carbocycles. The minimum atomic E-state index is -0.317. The molecular weight excluding hydrogens is 236 g/mol. The molecule has 1 fully saturated rings. The molecular formula is C14H19ClO2. The minimum absolute atomic E-state index is 0.0946. The minimum Gasteiger partial charge on any atom is -0.493 e. The largest absolute Gasteiger partial charge is 0.493 e. The summed E-state index contributed by atoms with van der Waals surface area (Å²) in [6.07, 6.45) is 1.21. The zero-order chi connectivity index (χ0) is 12.4. The summed E-state index contributed by atoms with van der Waals surface area (Å²) in [5, 5.41) is 9.89. The second-order valence-electron chi connectivity index (χ2n) is 4.91. The molecule has 1 aromatic rings. The maximum atomic E-state index is 9.80. The smallest absolute Gasteiger partial charge is 0.122 e. The second kappa shape index (κ2) is 5.28. The number of aryl methyl sites for hydroxylation is 1. The van der Waals surface area contributed by atoms with Crippen molar-refractivity contribution in [2.75, 3.05) is 6.61 Å². The standard InChI is InChI=1S/C14H19ClO2/c1-9-4-3-5-14(10(9)2)17-8-11-6-12(15)7-13(11)16/h3-5,11-13,16H,6-8H2,1-2H3/t11-,12-,13+/m0/s1. The van der Waals surface area contributed by atoms with Crippen LogP contribution in [0.5, 0.6) is 5.75 Å². The Hall–Kier alpha value is -0.730. The molecule has 0 aromatic heterocycles. The molecule has 0 spiro atoms. The molecule has 0 aliphatic heterocycles. The Labute approximate surface area is 108 Å². The molecule has 0 unspecified atom stereocenters. The molecule has 0 amide bonds. The molecule has 1 aliphatic rings. The molecule has 0 radical (unpaired) electrons. The van der Waals surface area contributed by atoms with Crippen LogP contribution in [0, 0.1) is 19.8 Å². The van der Waals surface area contributed by atoms with E-state index < -0.39 is 0 Å². The van der Waals surface area contributed by atoms with Crippen LogP contribution in [0.15, 0.2) is 18.2 Å². The Bertz CT molecular complexity index is 392. The van der Waals surface area contributed by atoms with E-state index >= 15 is 0 Å². The van der Waals surface area contributed by atoms with Crippen LogP contribution < -0.4 is 4.74 Å². The summed E-state index contributed by atoms with van der Waals surface area (Å²) in [4.78, 5) is 0. The quantitative estimate of drug-likeness (QED) is 0.840. The van der Waals surface area contributed by atoms with E-state index in [-0.39, 0.29) is 17.4 Å². The number of hydrogen-bond acceptors (Lipinski definition) is 2. The predicted octanol–water partition coefficient (Wildman–Crippen LogP) is 3.06. The lowest BCUT2D eigenvalue weighted by Crippen LogP contribution is -2.20. The highest BCUT2D eigenvalue weighted by atomic mass is 35.5. The van der Waals surface area contributed by atoms with Crippen LogP contribution in [0.25, 0.3) is 0 Å². The van der Waals surface area contributed by atoms with Crippen molar-refractivity contribution in [3.63, 3.8) is 0 Å². The molecule has 1 aromatic carbocycles. The lowest BCUT2D eigenvalue weighted by atomic mass is 10.1. The van der Waals surface area contributed by atoms with E-state index in [1.807, 2.05) is 12.1 Å². The first-order valence-electron chi connectivity index (χ1n) is 6.09. The van der Waals surface area contributed by atoms with Gasteiger partial charge in [-0.25, -0.2) is 0 Å². The second-order valence-corrected chi connectivity index (χ2v) is 5.52. The van der Waals surface area contributed by atoms with E-state index in [0.29, 0.717) is 13.0 Å². The van der Waals surface area contributed by atoms with Crippen molar-refractivity contribution < 1.29 is 9.84 Å². The van der Waals surface area contributed by atoms with Gasteiger partial charge in [0, 0.05) is 11.3 Å². The van der Waals surface area contributed by atoms with Crippen molar-refractivity contribution in [1.29, 1.82) is 0 Å². The average molecular weight is 255 g/mol. The number of ether oxygens (including phenoxy) is 1. The summed E-state index contributed by atoms with van der Waals surface area (Å²) >= 11 is 6.02. The zero-order valence-electron chi connectivity index (χ0n) is 10.3. The number of hydrogen-bond donors (Lipinski definition) is 1. The van der Waals surface area contributed by atoms with Crippen molar-refractivity contribution in [2.45, 2.75) is 38.2 Å². The topological polar surface area (TPSA) is 29.5 Å². The van der Waals surface area contributed by atoms with Crippen LogP contribution in [0.3, 0.4) is 0 Å². The van der Waals surface area contributed by atoms with Crippen LogP contribution in [0.4, 0.5) is 0 Å². The molecule has 2 rings (SSSR count). The number of aliphatic hydroxyl groups excluding tert-OH is 1. The summed E-state index contributed by atoms with van der Waals surface area (Å²) in [5.41, 5.74) is 2.40. The third kappa shape index (κ3) is 2.93. The van der Waals surface area contributed by atoms with Crippen LogP contribution in [-0.4, -0.2) is 23.2 Å². The van der Waals surface area contributed by atoms with Gasteiger partial charge in [-0.3, -0.25) is 0 Å². The molecule has 1 saturated carbocycles. The molecule has 2 nitrogen and oxygen atoms in total. The fraction of sp³-hybridized carbons (Fsp3) is 0.571. The maximum absolute atomic E-state index is 9.80. The van der Waals surface area contributed by atoms with E-state index in [1.54, 1.807) is 0 Å². The Balaban J connectivity index is 1.96. The number of rotatable bonds is 3. The van der Waals surface area contributed by atoms with Crippen LogP contribution in [-0.2, 0) is 0 Å². The number of halogens is 1. The lowest BCUT2D eigenvalue weighted by molar-refractivity contribution is 0.0983. The van der Waals surface area contributed by atoms with Gasteiger partial charge in [-0.2, -0.15) is 0 Å². The van der Waals surface area contributed by atoms with Gasteiger partial charge in [-0.05, 0) is 43.9 Å². The van der Waals surface area contributed by atoms with Gasteiger partial charge in [-0.15, -0.1) is 11.6 Å². The lowest BCUT2D eigenvalue weighted by Gasteiger charge is -2.17. The van der Waals surface area contributed by atoms with Crippen LogP contribution in [0.2, 0.25) is 0 Å². The van der Waals surface area contributed by atoms with E-state index in [0.717, 1.165) is 12.2 Å². The Kier molecular flexibility index (Phi) is 3.95. The van der Waals surface area contributed by atoms with Crippen molar-refractivity contribution in [3.05, 3.63) is 29.3 Å². The summed E-state index contributed by atoms with van der Waals surface area (Å²) in [6.45, 7) is 4.68. The highest BCUT2D eigenvalue weighted by Crippen LogP contribution is 2.31. The fourth-order valence-electron chi connectivity index (χ4n) is 2.29. The third-order valence-corrected chi connectivity index (χ3v) is 3.96. The van der Waals surface area contributed by atoms with Crippen LogP contribution in [0.1, 0.15) is 24.0 Å². The van der Waals surface area contributed by atoms with Crippen molar-refractivity contribution in [1.82, 2.24) is 0 Å².